The molecule has 4 N–H and O–H groups in total. The third-order valence-corrected chi connectivity index (χ3v) is 5.34. The van der Waals surface area contributed by atoms with Crippen LogP contribution in [-0.4, -0.2) is 36.7 Å². The van der Waals surface area contributed by atoms with Crippen LogP contribution >= 0.6 is 0 Å². The fraction of sp³-hybridized carbons (Fsp3) is 0.300. The summed E-state index contributed by atoms with van der Waals surface area (Å²) in [6.45, 7) is 4.02. The first-order chi connectivity index (χ1) is 13.7. The van der Waals surface area contributed by atoms with E-state index < -0.39 is 0 Å². The summed E-state index contributed by atoms with van der Waals surface area (Å²) in [6.07, 6.45) is 5.74. The number of hydrogen-bond acceptors (Lipinski definition) is 6. The number of anilines is 1. The number of rotatable bonds is 4. The molecule has 1 atom stereocenters. The zero-order valence-electron chi connectivity index (χ0n) is 15.7. The normalized spacial score (nSPS) is 16.4. The Bertz CT molecular complexity index is 1140. The highest BCUT2D eigenvalue weighted by Crippen LogP contribution is 2.24. The van der Waals surface area contributed by atoms with E-state index in [1.165, 1.54) is 16.7 Å². The molecule has 0 radical (unpaired) electrons. The second-order valence-corrected chi connectivity index (χ2v) is 7.38. The van der Waals surface area contributed by atoms with Crippen LogP contribution < -0.4 is 11.1 Å². The molecule has 0 saturated carbocycles. The predicted molar refractivity (Wildman–Crippen MR) is 107 cm³/mol. The molecule has 1 aliphatic heterocycles. The Hall–Kier alpha value is -3.26. The molecule has 5 rings (SSSR count). The zero-order valence-corrected chi connectivity index (χ0v) is 15.7. The van der Waals surface area contributed by atoms with E-state index in [9.17, 15) is 0 Å². The second-order valence-electron chi connectivity index (χ2n) is 7.38. The smallest absolute Gasteiger partial charge is 0.203 e. The van der Waals surface area contributed by atoms with Crippen LogP contribution in [0.3, 0.4) is 0 Å². The van der Waals surface area contributed by atoms with Crippen molar-refractivity contribution in [1.82, 2.24) is 35.5 Å². The Balaban J connectivity index is 1.37. The van der Waals surface area contributed by atoms with Crippen molar-refractivity contribution in [2.45, 2.75) is 32.4 Å². The minimum atomic E-state index is 0.402. The first-order valence-electron chi connectivity index (χ1n) is 9.48. The highest BCUT2D eigenvalue weighted by atomic mass is 15.3. The molecule has 1 aliphatic rings. The van der Waals surface area contributed by atoms with Crippen molar-refractivity contribution in [3.8, 4) is 0 Å². The molecule has 0 saturated heterocycles. The first kappa shape index (κ1) is 16.9. The Kier molecular flexibility index (Phi) is 4.05. The lowest BCUT2D eigenvalue weighted by Gasteiger charge is -2.24. The standard InChI is InChI=1S/C20H22N8/c1-12-17-7-13(2-3-15(17)4-5-22-12)10-28-11-14(9-23-28)6-16-8-18(21)24-20-19(16)25-27-26-20/h2-3,7-9,11-12,22H,4-6,10H2,1H3,(H3,21,24,25,26,27). The molecule has 0 fully saturated rings. The van der Waals surface area contributed by atoms with Crippen molar-refractivity contribution in [3.63, 3.8) is 0 Å². The maximum absolute atomic E-state index is 5.89. The number of fused-ring (bicyclic) bond motifs is 2. The van der Waals surface area contributed by atoms with Crippen LogP contribution in [0, 0.1) is 0 Å². The summed E-state index contributed by atoms with van der Waals surface area (Å²) in [5.74, 6) is 0.445. The van der Waals surface area contributed by atoms with Gasteiger partial charge in [0.1, 0.15) is 11.3 Å². The summed E-state index contributed by atoms with van der Waals surface area (Å²) in [5, 5.41) is 18.9. The number of aromatic nitrogens is 6. The molecule has 8 heteroatoms. The number of nitrogens with zero attached hydrogens (tertiary/aromatic N) is 5. The Morgan fingerprint density at radius 1 is 1.21 bits per heavy atom. The highest BCUT2D eigenvalue weighted by molar-refractivity contribution is 5.76. The van der Waals surface area contributed by atoms with Gasteiger partial charge >= 0.3 is 0 Å². The molecule has 4 heterocycles. The van der Waals surface area contributed by atoms with Crippen LogP contribution in [0.2, 0.25) is 0 Å². The van der Waals surface area contributed by atoms with Gasteiger partial charge in [0.05, 0.1) is 12.7 Å². The molecular formula is C20H22N8. The molecule has 1 aromatic carbocycles. The zero-order chi connectivity index (χ0) is 19.1. The third kappa shape index (κ3) is 3.11. The minimum absolute atomic E-state index is 0.402. The molecule has 142 valence electrons. The summed E-state index contributed by atoms with van der Waals surface area (Å²) >= 11 is 0. The molecular weight excluding hydrogens is 352 g/mol. The lowest BCUT2D eigenvalue weighted by Crippen LogP contribution is -2.27. The largest absolute Gasteiger partial charge is 0.384 e. The fourth-order valence-corrected chi connectivity index (χ4v) is 3.95. The number of nitrogens with two attached hydrogens (primary N) is 1. The number of pyridine rings is 1. The van der Waals surface area contributed by atoms with Crippen LogP contribution in [0.4, 0.5) is 5.82 Å². The number of nitrogens with one attached hydrogen (secondary N) is 2. The summed E-state index contributed by atoms with van der Waals surface area (Å²) in [5.41, 5.74) is 13.4. The van der Waals surface area contributed by atoms with Crippen molar-refractivity contribution < 1.29 is 0 Å². The summed E-state index contributed by atoms with van der Waals surface area (Å²) in [7, 11) is 0. The lowest BCUT2D eigenvalue weighted by atomic mass is 9.93. The van der Waals surface area contributed by atoms with Crippen LogP contribution in [0.1, 0.15) is 40.8 Å². The van der Waals surface area contributed by atoms with E-state index in [4.69, 9.17) is 5.73 Å². The predicted octanol–water partition coefficient (Wildman–Crippen LogP) is 1.98. The van der Waals surface area contributed by atoms with Crippen molar-refractivity contribution in [3.05, 3.63) is 64.5 Å². The Morgan fingerprint density at radius 2 is 2.14 bits per heavy atom. The average Bonchev–Trinajstić information content (AvgIpc) is 3.32. The van der Waals surface area contributed by atoms with Gasteiger partial charge in [-0.25, -0.2) is 4.98 Å². The molecule has 1 unspecified atom stereocenters. The number of benzene rings is 1. The van der Waals surface area contributed by atoms with Crippen LogP contribution in [0.15, 0.2) is 36.7 Å². The van der Waals surface area contributed by atoms with E-state index in [1.54, 1.807) is 0 Å². The number of hydrogen-bond donors (Lipinski definition) is 3. The van der Waals surface area contributed by atoms with Crippen LogP contribution in [0.5, 0.6) is 0 Å². The lowest BCUT2D eigenvalue weighted by molar-refractivity contribution is 0.539. The monoisotopic (exact) mass is 374 g/mol. The molecule has 28 heavy (non-hydrogen) atoms. The molecule has 0 amide bonds. The van der Waals surface area contributed by atoms with Gasteiger partial charge in [-0.2, -0.15) is 15.4 Å². The summed E-state index contributed by atoms with van der Waals surface area (Å²) < 4.78 is 1.97. The van der Waals surface area contributed by atoms with Gasteiger partial charge in [-0.3, -0.25) is 4.68 Å². The number of H-pyrrole nitrogens is 1. The van der Waals surface area contributed by atoms with Gasteiger partial charge in [0, 0.05) is 18.7 Å². The first-order valence-corrected chi connectivity index (χ1v) is 9.48. The second kappa shape index (κ2) is 6.72. The molecule has 8 nitrogen and oxygen atoms in total. The van der Waals surface area contributed by atoms with E-state index in [0.717, 1.165) is 36.2 Å². The van der Waals surface area contributed by atoms with Crippen LogP contribution in [0.25, 0.3) is 11.2 Å². The van der Waals surface area contributed by atoms with E-state index in [0.29, 0.717) is 23.9 Å². The van der Waals surface area contributed by atoms with Gasteiger partial charge in [0.25, 0.3) is 0 Å². The average molecular weight is 374 g/mol. The summed E-state index contributed by atoms with van der Waals surface area (Å²) in [6, 6.07) is 9.02. The maximum atomic E-state index is 5.89. The quantitative estimate of drug-likeness (QED) is 0.504. The van der Waals surface area contributed by atoms with Crippen molar-refractivity contribution >= 4 is 17.0 Å². The fourth-order valence-electron chi connectivity index (χ4n) is 3.95. The van der Waals surface area contributed by atoms with Crippen LogP contribution in [-0.2, 0) is 19.4 Å². The van der Waals surface area contributed by atoms with Crippen molar-refractivity contribution in [2.24, 2.45) is 0 Å². The Morgan fingerprint density at radius 3 is 3.07 bits per heavy atom. The molecule has 4 aromatic rings. The Labute approximate surface area is 162 Å². The summed E-state index contributed by atoms with van der Waals surface area (Å²) in [4.78, 5) is 4.19. The van der Waals surface area contributed by atoms with Gasteiger partial charge < -0.3 is 11.1 Å². The van der Waals surface area contributed by atoms with Gasteiger partial charge in [0.15, 0.2) is 0 Å². The van der Waals surface area contributed by atoms with Gasteiger partial charge in [0.2, 0.25) is 5.65 Å². The van der Waals surface area contributed by atoms with Gasteiger partial charge in [-0.15, -0.1) is 5.10 Å². The number of aromatic amines is 1. The third-order valence-electron chi connectivity index (χ3n) is 5.34. The van der Waals surface area contributed by atoms with E-state index in [2.05, 4.69) is 62.1 Å². The van der Waals surface area contributed by atoms with Crippen molar-refractivity contribution in [2.75, 3.05) is 12.3 Å². The highest BCUT2D eigenvalue weighted by Gasteiger charge is 2.16. The van der Waals surface area contributed by atoms with Gasteiger partial charge in [-0.05, 0) is 53.8 Å². The maximum Gasteiger partial charge on any atom is 0.203 e. The van der Waals surface area contributed by atoms with Gasteiger partial charge in [-0.1, -0.05) is 18.2 Å². The topological polar surface area (TPSA) is 110 Å². The molecule has 0 bridgehead atoms. The van der Waals surface area contributed by atoms with E-state index in [-0.39, 0.29) is 0 Å². The number of nitrogen functional groups attached to an aromatic ring is 1. The SMILES string of the molecule is CC1NCCc2ccc(Cn3cc(Cc4cc(N)nc5n[nH]nc45)cn3)cc21. The molecule has 0 aliphatic carbocycles. The molecule has 0 spiro atoms. The van der Waals surface area contributed by atoms with E-state index in [1.807, 2.05) is 16.9 Å². The van der Waals surface area contributed by atoms with Crippen molar-refractivity contribution in [1.29, 1.82) is 0 Å². The van der Waals surface area contributed by atoms with E-state index >= 15 is 0 Å². The minimum Gasteiger partial charge on any atom is -0.384 e. The molecule has 3 aromatic heterocycles.